The van der Waals surface area contributed by atoms with E-state index in [4.69, 9.17) is 4.74 Å². The molecule has 0 spiro atoms. The van der Waals surface area contributed by atoms with Gasteiger partial charge in [0, 0.05) is 24.2 Å². The fourth-order valence-corrected chi connectivity index (χ4v) is 3.89. The average molecular weight is 353 g/mol. The second-order valence-corrected chi connectivity index (χ2v) is 7.05. The predicted octanol–water partition coefficient (Wildman–Crippen LogP) is 4.06. The SMILES string of the molecule is CCCOc1ccc(NC(=O)CC2CC3CCC(C2)N3)c(C)c1.Cl. The summed E-state index contributed by atoms with van der Waals surface area (Å²) in [5.74, 6) is 1.54. The van der Waals surface area contributed by atoms with Crippen LogP contribution in [0, 0.1) is 12.8 Å². The number of aryl methyl sites for hydroxylation is 1. The lowest BCUT2D eigenvalue weighted by atomic mass is 9.89. The summed E-state index contributed by atoms with van der Waals surface area (Å²) in [6.07, 6.45) is 6.49. The minimum Gasteiger partial charge on any atom is -0.494 e. The van der Waals surface area contributed by atoms with Crippen molar-refractivity contribution in [2.45, 2.75) is 64.5 Å². The van der Waals surface area contributed by atoms with Gasteiger partial charge in [-0.25, -0.2) is 0 Å². The maximum Gasteiger partial charge on any atom is 0.224 e. The molecule has 0 saturated carbocycles. The number of amides is 1. The summed E-state index contributed by atoms with van der Waals surface area (Å²) in [5.41, 5.74) is 1.95. The number of anilines is 1. The zero-order chi connectivity index (χ0) is 16.2. The summed E-state index contributed by atoms with van der Waals surface area (Å²) in [5, 5.41) is 6.71. The van der Waals surface area contributed by atoms with E-state index < -0.39 is 0 Å². The van der Waals surface area contributed by atoms with E-state index in [-0.39, 0.29) is 18.3 Å². The van der Waals surface area contributed by atoms with Gasteiger partial charge in [-0.15, -0.1) is 12.4 Å². The van der Waals surface area contributed by atoms with Crippen molar-refractivity contribution < 1.29 is 9.53 Å². The summed E-state index contributed by atoms with van der Waals surface area (Å²) >= 11 is 0. The Balaban J connectivity index is 0.00000208. The Morgan fingerprint density at radius 2 is 2.00 bits per heavy atom. The fourth-order valence-electron chi connectivity index (χ4n) is 3.89. The largest absolute Gasteiger partial charge is 0.494 e. The third-order valence-corrected chi connectivity index (χ3v) is 4.99. The van der Waals surface area contributed by atoms with Gasteiger partial charge >= 0.3 is 0 Å². The zero-order valence-corrected chi connectivity index (χ0v) is 15.5. The van der Waals surface area contributed by atoms with Crippen molar-refractivity contribution in [2.24, 2.45) is 5.92 Å². The van der Waals surface area contributed by atoms with Crippen LogP contribution in [0.4, 0.5) is 5.69 Å². The number of hydrogen-bond donors (Lipinski definition) is 2. The second-order valence-electron chi connectivity index (χ2n) is 7.05. The van der Waals surface area contributed by atoms with Gasteiger partial charge in [0.15, 0.2) is 0 Å². The molecule has 0 aromatic heterocycles. The maximum absolute atomic E-state index is 12.4. The highest BCUT2D eigenvalue weighted by atomic mass is 35.5. The number of hydrogen-bond acceptors (Lipinski definition) is 3. The van der Waals surface area contributed by atoms with Crippen molar-refractivity contribution in [1.29, 1.82) is 0 Å². The highest BCUT2D eigenvalue weighted by molar-refractivity contribution is 5.91. The number of carbonyl (C=O) groups is 1. The Bertz CT molecular complexity index is 552. The number of rotatable bonds is 6. The van der Waals surface area contributed by atoms with Crippen LogP contribution in [-0.2, 0) is 4.79 Å². The van der Waals surface area contributed by atoms with E-state index in [1.807, 2.05) is 25.1 Å². The van der Waals surface area contributed by atoms with Gasteiger partial charge in [-0.2, -0.15) is 0 Å². The van der Waals surface area contributed by atoms with E-state index >= 15 is 0 Å². The molecule has 2 aliphatic heterocycles. The number of piperidine rings is 1. The first-order valence-electron chi connectivity index (χ1n) is 8.93. The first kappa shape index (κ1) is 19.1. The van der Waals surface area contributed by atoms with Crippen LogP contribution in [0.15, 0.2) is 18.2 Å². The van der Waals surface area contributed by atoms with E-state index in [0.717, 1.165) is 42.9 Å². The number of benzene rings is 1. The molecular formula is C19H29ClN2O2. The Morgan fingerprint density at radius 1 is 1.29 bits per heavy atom. The molecule has 2 bridgehead atoms. The van der Waals surface area contributed by atoms with Crippen LogP contribution in [-0.4, -0.2) is 24.6 Å². The standard InChI is InChI=1S/C19H28N2O2.ClH/c1-3-8-23-17-6-7-18(13(2)9-17)21-19(22)12-14-10-15-4-5-16(11-14)20-15;/h6-7,9,14-16,20H,3-5,8,10-12H2,1-2H3,(H,21,22);1H. The Kier molecular flexibility index (Phi) is 6.93. The highest BCUT2D eigenvalue weighted by Gasteiger charge is 2.34. The van der Waals surface area contributed by atoms with E-state index in [1.165, 1.54) is 12.8 Å². The molecule has 5 heteroatoms. The van der Waals surface area contributed by atoms with Crippen LogP contribution in [0.1, 0.15) is 51.0 Å². The minimum absolute atomic E-state index is 0. The van der Waals surface area contributed by atoms with Crippen LogP contribution in [0.25, 0.3) is 0 Å². The van der Waals surface area contributed by atoms with Crippen LogP contribution in [0.5, 0.6) is 5.75 Å². The molecule has 1 amide bonds. The van der Waals surface area contributed by atoms with Gasteiger partial charge in [0.1, 0.15) is 5.75 Å². The number of nitrogens with one attached hydrogen (secondary N) is 2. The topological polar surface area (TPSA) is 50.4 Å². The lowest BCUT2D eigenvalue weighted by Crippen LogP contribution is -2.39. The highest BCUT2D eigenvalue weighted by Crippen LogP contribution is 2.33. The van der Waals surface area contributed by atoms with Crippen molar-refractivity contribution in [1.82, 2.24) is 5.32 Å². The lowest BCUT2D eigenvalue weighted by molar-refractivity contribution is -0.117. The molecular weight excluding hydrogens is 324 g/mol. The molecule has 3 rings (SSSR count). The van der Waals surface area contributed by atoms with Gasteiger partial charge in [0.25, 0.3) is 0 Å². The van der Waals surface area contributed by atoms with Crippen molar-refractivity contribution in [3.63, 3.8) is 0 Å². The summed E-state index contributed by atoms with van der Waals surface area (Å²) < 4.78 is 5.63. The number of halogens is 1. The summed E-state index contributed by atoms with van der Waals surface area (Å²) in [6, 6.07) is 7.16. The molecule has 2 fully saturated rings. The Labute approximate surface area is 151 Å². The Morgan fingerprint density at radius 3 is 2.62 bits per heavy atom. The van der Waals surface area contributed by atoms with E-state index in [2.05, 4.69) is 17.6 Å². The van der Waals surface area contributed by atoms with Gasteiger partial charge in [0.05, 0.1) is 6.61 Å². The van der Waals surface area contributed by atoms with Gasteiger partial charge in [-0.05, 0) is 68.7 Å². The van der Waals surface area contributed by atoms with Crippen LogP contribution in [0.2, 0.25) is 0 Å². The zero-order valence-electron chi connectivity index (χ0n) is 14.6. The molecule has 2 unspecified atom stereocenters. The van der Waals surface area contributed by atoms with Gasteiger partial charge in [0.2, 0.25) is 5.91 Å². The number of fused-ring (bicyclic) bond motifs is 2. The quantitative estimate of drug-likeness (QED) is 0.811. The molecule has 0 radical (unpaired) electrons. The first-order valence-corrected chi connectivity index (χ1v) is 8.93. The summed E-state index contributed by atoms with van der Waals surface area (Å²) in [4.78, 5) is 12.4. The average Bonchev–Trinajstić information content (AvgIpc) is 2.86. The monoisotopic (exact) mass is 352 g/mol. The van der Waals surface area contributed by atoms with Crippen LogP contribution in [0.3, 0.4) is 0 Å². The van der Waals surface area contributed by atoms with Gasteiger partial charge < -0.3 is 15.4 Å². The van der Waals surface area contributed by atoms with E-state index in [0.29, 0.717) is 24.4 Å². The first-order chi connectivity index (χ1) is 11.1. The minimum atomic E-state index is 0. The fraction of sp³-hybridized carbons (Fsp3) is 0.632. The molecule has 1 aromatic carbocycles. The molecule has 2 heterocycles. The molecule has 2 saturated heterocycles. The Hall–Kier alpha value is -1.26. The smallest absolute Gasteiger partial charge is 0.224 e. The van der Waals surface area contributed by atoms with Crippen molar-refractivity contribution in [3.05, 3.63) is 23.8 Å². The summed E-state index contributed by atoms with van der Waals surface area (Å²) in [6.45, 7) is 4.83. The maximum atomic E-state index is 12.4. The molecule has 1 aromatic rings. The van der Waals surface area contributed by atoms with Gasteiger partial charge in [-0.1, -0.05) is 6.92 Å². The normalized spacial score (nSPS) is 25.0. The molecule has 2 atom stereocenters. The van der Waals surface area contributed by atoms with E-state index in [1.54, 1.807) is 0 Å². The molecule has 24 heavy (non-hydrogen) atoms. The summed E-state index contributed by atoms with van der Waals surface area (Å²) in [7, 11) is 0. The third kappa shape index (κ3) is 4.87. The molecule has 4 nitrogen and oxygen atoms in total. The van der Waals surface area contributed by atoms with Gasteiger partial charge in [-0.3, -0.25) is 4.79 Å². The van der Waals surface area contributed by atoms with Crippen molar-refractivity contribution >= 4 is 24.0 Å². The molecule has 2 aliphatic rings. The molecule has 2 N–H and O–H groups in total. The molecule has 134 valence electrons. The lowest BCUT2D eigenvalue weighted by Gasteiger charge is -2.28. The number of carbonyl (C=O) groups excluding carboxylic acids is 1. The van der Waals surface area contributed by atoms with E-state index in [9.17, 15) is 4.79 Å². The van der Waals surface area contributed by atoms with Crippen molar-refractivity contribution in [3.8, 4) is 5.75 Å². The predicted molar refractivity (Wildman–Crippen MR) is 100 cm³/mol. The molecule has 0 aliphatic carbocycles. The van der Waals surface area contributed by atoms with Crippen molar-refractivity contribution in [2.75, 3.05) is 11.9 Å². The van der Waals surface area contributed by atoms with Crippen LogP contribution >= 0.6 is 12.4 Å². The number of ether oxygens (including phenoxy) is 1. The third-order valence-electron chi connectivity index (χ3n) is 4.99. The van der Waals surface area contributed by atoms with Crippen LogP contribution < -0.4 is 15.4 Å². The second kappa shape index (κ2) is 8.72.